The van der Waals surface area contributed by atoms with Crippen LogP contribution in [0.5, 0.6) is 5.75 Å². The Morgan fingerprint density at radius 3 is 2.83 bits per heavy atom. The van der Waals surface area contributed by atoms with Crippen LogP contribution in [0.2, 0.25) is 0 Å². The van der Waals surface area contributed by atoms with E-state index in [0.717, 1.165) is 15.5 Å². The fourth-order valence-corrected chi connectivity index (χ4v) is 3.04. The van der Waals surface area contributed by atoms with E-state index in [9.17, 15) is 9.59 Å². The summed E-state index contributed by atoms with van der Waals surface area (Å²) in [6, 6.07) is 7.52. The molecule has 2 aromatic heterocycles. The lowest BCUT2D eigenvalue weighted by Gasteiger charge is -2.07. The molecule has 0 spiro atoms. The maximum absolute atomic E-state index is 12.1. The number of aromatic nitrogens is 3. The number of nitrogens with one attached hydrogen (secondary N) is 1. The third kappa shape index (κ3) is 3.38. The minimum atomic E-state index is -0.731. The summed E-state index contributed by atoms with van der Waals surface area (Å²) in [6.45, 7) is 0. The van der Waals surface area contributed by atoms with Crippen LogP contribution in [0.25, 0.3) is 0 Å². The lowest BCUT2D eigenvalue weighted by molar-refractivity contribution is -0.114. The number of carbonyl (C=O) groups is 2. The highest BCUT2D eigenvalue weighted by Gasteiger charge is 2.22. The maximum atomic E-state index is 12.1. The van der Waals surface area contributed by atoms with Gasteiger partial charge in [0.05, 0.1) is 23.2 Å². The first-order chi connectivity index (χ1) is 11.7. The van der Waals surface area contributed by atoms with Gasteiger partial charge in [0.2, 0.25) is 11.6 Å². The molecule has 0 aliphatic heterocycles. The SMILES string of the molecule is COc1ccccc1Sc1cocc1CC(=O)C(=O)c1nc[nH]n1. The Labute approximate surface area is 141 Å². The van der Waals surface area contributed by atoms with Gasteiger partial charge in [0.15, 0.2) is 0 Å². The van der Waals surface area contributed by atoms with E-state index in [4.69, 9.17) is 9.15 Å². The molecule has 24 heavy (non-hydrogen) atoms. The monoisotopic (exact) mass is 343 g/mol. The molecule has 0 aliphatic carbocycles. The van der Waals surface area contributed by atoms with Crippen molar-refractivity contribution in [1.82, 2.24) is 15.2 Å². The largest absolute Gasteiger partial charge is 0.496 e. The van der Waals surface area contributed by atoms with Crippen molar-refractivity contribution in [3.8, 4) is 5.75 Å². The van der Waals surface area contributed by atoms with Crippen molar-refractivity contribution in [1.29, 1.82) is 0 Å². The number of carbonyl (C=O) groups excluding carboxylic acids is 2. The zero-order valence-electron chi connectivity index (χ0n) is 12.7. The van der Waals surface area contributed by atoms with E-state index in [1.54, 1.807) is 7.11 Å². The summed E-state index contributed by atoms with van der Waals surface area (Å²) in [7, 11) is 1.59. The average Bonchev–Trinajstić information content (AvgIpc) is 3.27. The van der Waals surface area contributed by atoms with E-state index in [0.29, 0.717) is 5.56 Å². The number of para-hydroxylation sites is 1. The summed E-state index contributed by atoms with van der Waals surface area (Å²) in [4.78, 5) is 29.4. The Balaban J connectivity index is 1.76. The second kappa shape index (κ2) is 7.14. The van der Waals surface area contributed by atoms with Gasteiger partial charge in [-0.2, -0.15) is 0 Å². The number of aromatic amines is 1. The summed E-state index contributed by atoms with van der Waals surface area (Å²) < 4.78 is 10.5. The standard InChI is InChI=1S/C16H13N3O4S/c1-22-12-4-2-3-5-13(12)24-14-8-23-7-10(14)6-11(20)15(21)16-17-9-18-19-16/h2-5,7-9H,6H2,1H3,(H,17,18,19). The van der Waals surface area contributed by atoms with Gasteiger partial charge in [-0.25, -0.2) is 4.98 Å². The van der Waals surface area contributed by atoms with Gasteiger partial charge in [-0.3, -0.25) is 14.7 Å². The molecule has 122 valence electrons. The molecule has 0 saturated carbocycles. The first kappa shape index (κ1) is 16.0. The van der Waals surface area contributed by atoms with Gasteiger partial charge in [-0.05, 0) is 12.1 Å². The van der Waals surface area contributed by atoms with Crippen LogP contribution >= 0.6 is 11.8 Å². The molecule has 3 rings (SSSR count). The number of nitrogens with zero attached hydrogens (tertiary/aromatic N) is 2. The van der Waals surface area contributed by atoms with Crippen molar-refractivity contribution < 1.29 is 18.7 Å². The molecule has 0 radical (unpaired) electrons. The Morgan fingerprint density at radius 2 is 2.08 bits per heavy atom. The lowest BCUT2D eigenvalue weighted by Crippen LogP contribution is -2.18. The van der Waals surface area contributed by atoms with Gasteiger partial charge in [0.1, 0.15) is 18.3 Å². The molecular formula is C16H13N3O4S. The second-order valence-electron chi connectivity index (χ2n) is 4.77. The summed E-state index contributed by atoms with van der Waals surface area (Å²) in [6.07, 6.45) is 4.17. The number of ketones is 2. The van der Waals surface area contributed by atoms with Crippen LogP contribution in [0.4, 0.5) is 0 Å². The molecule has 3 aromatic rings. The third-order valence-electron chi connectivity index (χ3n) is 3.21. The minimum absolute atomic E-state index is 0.0820. The molecule has 2 heterocycles. The molecule has 8 heteroatoms. The van der Waals surface area contributed by atoms with E-state index in [1.165, 1.54) is 30.6 Å². The quantitative estimate of drug-likeness (QED) is 0.520. The number of hydrogen-bond donors (Lipinski definition) is 1. The number of methoxy groups -OCH3 is 1. The highest BCUT2D eigenvalue weighted by molar-refractivity contribution is 7.99. The molecule has 0 fully saturated rings. The van der Waals surface area contributed by atoms with Crippen molar-refractivity contribution in [3.05, 3.63) is 54.5 Å². The van der Waals surface area contributed by atoms with Crippen LogP contribution in [0.3, 0.4) is 0 Å². The Morgan fingerprint density at radius 1 is 1.25 bits per heavy atom. The van der Waals surface area contributed by atoms with Crippen LogP contribution < -0.4 is 4.74 Å². The maximum Gasteiger partial charge on any atom is 0.267 e. The molecule has 0 amide bonds. The summed E-state index contributed by atoms with van der Waals surface area (Å²) >= 11 is 1.40. The Hall–Kier alpha value is -2.87. The lowest BCUT2D eigenvalue weighted by atomic mass is 10.1. The molecule has 1 N–H and O–H groups in total. The fourth-order valence-electron chi connectivity index (χ4n) is 2.05. The van der Waals surface area contributed by atoms with Crippen molar-refractivity contribution in [2.75, 3.05) is 7.11 Å². The number of Topliss-reactive ketones (excluding diaryl/α,β-unsaturated/α-hetero) is 2. The van der Waals surface area contributed by atoms with Crippen molar-refractivity contribution in [2.24, 2.45) is 0 Å². The van der Waals surface area contributed by atoms with E-state index in [1.807, 2.05) is 24.3 Å². The molecule has 0 unspecified atom stereocenters. The molecular weight excluding hydrogens is 330 g/mol. The number of H-pyrrole nitrogens is 1. The highest BCUT2D eigenvalue weighted by Crippen LogP contribution is 2.37. The molecule has 0 aliphatic rings. The van der Waals surface area contributed by atoms with Crippen LogP contribution in [0.15, 0.2) is 57.3 Å². The minimum Gasteiger partial charge on any atom is -0.496 e. The molecule has 7 nitrogen and oxygen atoms in total. The zero-order chi connectivity index (χ0) is 16.9. The van der Waals surface area contributed by atoms with E-state index < -0.39 is 11.6 Å². The second-order valence-corrected chi connectivity index (χ2v) is 5.85. The first-order valence-electron chi connectivity index (χ1n) is 6.98. The van der Waals surface area contributed by atoms with Crippen molar-refractivity contribution in [2.45, 2.75) is 16.2 Å². The molecule has 1 aromatic carbocycles. The van der Waals surface area contributed by atoms with Crippen LogP contribution in [-0.4, -0.2) is 33.9 Å². The van der Waals surface area contributed by atoms with Crippen molar-refractivity contribution >= 4 is 23.3 Å². The number of hydrogen-bond acceptors (Lipinski definition) is 7. The zero-order valence-corrected chi connectivity index (χ0v) is 13.5. The Kier molecular flexibility index (Phi) is 4.76. The normalized spacial score (nSPS) is 10.5. The predicted octanol–water partition coefficient (Wildman–Crippen LogP) is 2.55. The average molecular weight is 343 g/mol. The van der Waals surface area contributed by atoms with Gasteiger partial charge in [-0.15, -0.1) is 5.10 Å². The summed E-state index contributed by atoms with van der Waals surface area (Å²) in [5.74, 6) is -0.747. The topological polar surface area (TPSA) is 98.1 Å². The first-order valence-corrected chi connectivity index (χ1v) is 7.80. The van der Waals surface area contributed by atoms with Crippen LogP contribution in [0.1, 0.15) is 16.2 Å². The van der Waals surface area contributed by atoms with Gasteiger partial charge in [-0.1, -0.05) is 23.9 Å². The number of ether oxygens (including phenoxy) is 1. The summed E-state index contributed by atoms with van der Waals surface area (Å²) in [5, 5.41) is 6.04. The van der Waals surface area contributed by atoms with E-state index in [2.05, 4.69) is 15.2 Å². The van der Waals surface area contributed by atoms with Crippen LogP contribution in [0, 0.1) is 0 Å². The third-order valence-corrected chi connectivity index (χ3v) is 4.35. The number of rotatable bonds is 7. The molecule has 0 atom stereocenters. The molecule has 0 bridgehead atoms. The summed E-state index contributed by atoms with van der Waals surface area (Å²) in [5.41, 5.74) is 0.625. The fraction of sp³-hybridized carbons (Fsp3) is 0.125. The van der Waals surface area contributed by atoms with Gasteiger partial charge >= 0.3 is 0 Å². The van der Waals surface area contributed by atoms with Gasteiger partial charge in [0, 0.05) is 12.0 Å². The Bertz CT molecular complexity index is 858. The number of furan rings is 1. The predicted molar refractivity (Wildman–Crippen MR) is 85.2 cm³/mol. The van der Waals surface area contributed by atoms with E-state index >= 15 is 0 Å². The van der Waals surface area contributed by atoms with Crippen LogP contribution in [-0.2, 0) is 11.2 Å². The molecule has 0 saturated heterocycles. The van der Waals surface area contributed by atoms with Gasteiger partial charge in [0.25, 0.3) is 5.78 Å². The van der Waals surface area contributed by atoms with Crippen molar-refractivity contribution in [3.63, 3.8) is 0 Å². The number of benzene rings is 1. The van der Waals surface area contributed by atoms with Gasteiger partial charge < -0.3 is 9.15 Å². The van der Waals surface area contributed by atoms with E-state index in [-0.39, 0.29) is 12.2 Å². The smallest absolute Gasteiger partial charge is 0.267 e. The highest BCUT2D eigenvalue weighted by atomic mass is 32.2.